The van der Waals surface area contributed by atoms with E-state index in [2.05, 4.69) is 5.10 Å². The Morgan fingerprint density at radius 1 is 1.21 bits per heavy atom. The molecule has 0 aliphatic carbocycles. The third-order valence-electron chi connectivity index (χ3n) is 1.66. The second-order valence-electron chi connectivity index (χ2n) is 2.62. The van der Waals surface area contributed by atoms with Crippen molar-refractivity contribution in [1.82, 2.24) is 9.78 Å². The van der Waals surface area contributed by atoms with Gasteiger partial charge in [0.05, 0.1) is 18.1 Å². The molecule has 0 bridgehead atoms. The molecule has 0 saturated heterocycles. The molecule has 0 atom stereocenters. The summed E-state index contributed by atoms with van der Waals surface area (Å²) in [5.41, 5.74) is 0.865. The first-order chi connectivity index (χ1) is 6.25. The van der Waals surface area contributed by atoms with Crippen LogP contribution in [-0.2, 0) is 0 Å². The van der Waals surface area contributed by atoms with Crippen LogP contribution in [0.1, 0.15) is 0 Å². The Hall–Kier alpha value is -0.480. The van der Waals surface area contributed by atoms with E-state index in [1.165, 1.54) is 12.4 Å². The van der Waals surface area contributed by atoms with Crippen LogP contribution in [0.15, 0.2) is 36.7 Å². The molecule has 2 rings (SSSR count). The first-order valence-electron chi connectivity index (χ1n) is 3.75. The van der Waals surface area contributed by atoms with Crippen molar-refractivity contribution in [3.8, 4) is 11.4 Å². The monoisotopic (exact) mass is 217 g/mol. The third-order valence-corrected chi connectivity index (χ3v) is 1.91. The Kier molecular flexibility index (Phi) is 4.01. The van der Waals surface area contributed by atoms with E-state index >= 15 is 0 Å². The molecule has 1 aromatic heterocycles. The molecule has 0 radical (unpaired) electrons. The normalized spacial score (nSPS) is 9.50. The number of aromatic nitrogens is 2. The van der Waals surface area contributed by atoms with Crippen LogP contribution in [0, 0.1) is 0 Å². The fourth-order valence-electron chi connectivity index (χ4n) is 1.05. The molecule has 0 aliphatic rings. The largest absolute Gasteiger partial charge is 1.00 e. The van der Waals surface area contributed by atoms with Gasteiger partial charge in [-0.15, -0.1) is 0 Å². The van der Waals surface area contributed by atoms with Crippen molar-refractivity contribution < 1.29 is 34.7 Å². The topological polar surface area (TPSA) is 38.1 Å². The first-order valence-corrected chi connectivity index (χ1v) is 4.13. The summed E-state index contributed by atoms with van der Waals surface area (Å²) in [5, 5.41) is 13.7. The van der Waals surface area contributed by atoms with Gasteiger partial charge in [-0.1, -0.05) is 11.6 Å². The summed E-state index contributed by atoms with van der Waals surface area (Å²) in [6.07, 6.45) is 2.91. The smallest absolute Gasteiger partial charge is 0.505 e. The molecule has 66 valence electrons. The third kappa shape index (κ3) is 2.51. The van der Waals surface area contributed by atoms with Crippen LogP contribution in [0.25, 0.3) is 5.69 Å². The van der Waals surface area contributed by atoms with Crippen molar-refractivity contribution >= 4 is 11.6 Å². The minimum atomic E-state index is 0. The van der Waals surface area contributed by atoms with Crippen molar-refractivity contribution in [2.24, 2.45) is 0 Å². The van der Waals surface area contributed by atoms with E-state index in [9.17, 15) is 0 Å². The van der Waals surface area contributed by atoms with E-state index in [0.29, 0.717) is 5.02 Å². The molecule has 3 nitrogen and oxygen atoms in total. The fraction of sp³-hybridized carbons (Fsp3) is 0. The number of benzene rings is 1. The van der Waals surface area contributed by atoms with Gasteiger partial charge in [-0.2, -0.15) is 5.10 Å². The quantitative estimate of drug-likeness (QED) is 0.638. The van der Waals surface area contributed by atoms with Crippen molar-refractivity contribution in [3.63, 3.8) is 0 Å². The van der Waals surface area contributed by atoms with Crippen LogP contribution in [0.4, 0.5) is 0 Å². The molecule has 1 aromatic carbocycles. The SMILES string of the molecule is Oc1cnn(-c2ccc(Cl)cc2)c1.[Na+]. The maximum atomic E-state index is 9.06. The second kappa shape index (κ2) is 4.84. The number of rotatable bonds is 1. The molecule has 0 aliphatic heterocycles. The van der Waals surface area contributed by atoms with Crippen LogP contribution >= 0.6 is 11.6 Å². The minimum absolute atomic E-state index is 0. The molecular formula is C9H7ClN2NaO+. The molecule has 5 heteroatoms. The van der Waals surface area contributed by atoms with Crippen molar-refractivity contribution in [3.05, 3.63) is 41.7 Å². The number of halogens is 1. The summed E-state index contributed by atoms with van der Waals surface area (Å²) in [6, 6.07) is 7.20. The average molecular weight is 218 g/mol. The number of nitrogens with zero attached hydrogens (tertiary/aromatic N) is 2. The van der Waals surface area contributed by atoms with Gasteiger partial charge in [-0.25, -0.2) is 4.68 Å². The van der Waals surface area contributed by atoms with Crippen molar-refractivity contribution in [1.29, 1.82) is 0 Å². The van der Waals surface area contributed by atoms with E-state index in [4.69, 9.17) is 16.7 Å². The van der Waals surface area contributed by atoms with Crippen LogP contribution in [-0.4, -0.2) is 14.9 Å². The predicted molar refractivity (Wildman–Crippen MR) is 50.2 cm³/mol. The number of hydrogen-bond donors (Lipinski definition) is 1. The number of aromatic hydroxyl groups is 1. The van der Waals surface area contributed by atoms with Gasteiger partial charge in [-0.05, 0) is 24.3 Å². The predicted octanol–water partition coefficient (Wildman–Crippen LogP) is -0.765. The summed E-state index contributed by atoms with van der Waals surface area (Å²) in [4.78, 5) is 0. The van der Waals surface area contributed by atoms with E-state index in [1.54, 1.807) is 16.8 Å². The molecule has 1 heterocycles. The Labute approximate surface area is 109 Å². The molecule has 0 amide bonds. The van der Waals surface area contributed by atoms with Crippen LogP contribution in [0.5, 0.6) is 5.75 Å². The Morgan fingerprint density at radius 3 is 2.36 bits per heavy atom. The van der Waals surface area contributed by atoms with Gasteiger partial charge in [0.15, 0.2) is 5.75 Å². The van der Waals surface area contributed by atoms with Crippen molar-refractivity contribution in [2.45, 2.75) is 0 Å². The average Bonchev–Trinajstić information content (AvgIpc) is 2.53. The fourth-order valence-corrected chi connectivity index (χ4v) is 1.17. The molecular weight excluding hydrogens is 211 g/mol. The van der Waals surface area contributed by atoms with E-state index in [1.807, 2.05) is 12.1 Å². The van der Waals surface area contributed by atoms with Gasteiger partial charge in [0, 0.05) is 5.02 Å². The van der Waals surface area contributed by atoms with Gasteiger partial charge in [0.25, 0.3) is 0 Å². The van der Waals surface area contributed by atoms with Gasteiger partial charge in [0.1, 0.15) is 0 Å². The first kappa shape index (κ1) is 11.6. The van der Waals surface area contributed by atoms with Crippen LogP contribution in [0.3, 0.4) is 0 Å². The van der Waals surface area contributed by atoms with Crippen LogP contribution < -0.4 is 29.6 Å². The number of hydrogen-bond acceptors (Lipinski definition) is 2. The van der Waals surface area contributed by atoms with Gasteiger partial charge >= 0.3 is 29.6 Å². The van der Waals surface area contributed by atoms with Crippen LogP contribution in [0.2, 0.25) is 5.02 Å². The zero-order valence-electron chi connectivity index (χ0n) is 7.68. The summed E-state index contributed by atoms with van der Waals surface area (Å²) in [7, 11) is 0. The second-order valence-corrected chi connectivity index (χ2v) is 3.06. The van der Waals surface area contributed by atoms with Gasteiger partial charge in [-0.3, -0.25) is 0 Å². The molecule has 0 unspecified atom stereocenters. The Balaban J connectivity index is 0.000000980. The summed E-state index contributed by atoms with van der Waals surface area (Å²) < 4.78 is 1.58. The zero-order valence-corrected chi connectivity index (χ0v) is 10.4. The van der Waals surface area contributed by atoms with Crippen molar-refractivity contribution in [2.75, 3.05) is 0 Å². The Bertz CT molecular complexity index is 413. The maximum absolute atomic E-state index is 9.06. The molecule has 14 heavy (non-hydrogen) atoms. The van der Waals surface area contributed by atoms with E-state index in [0.717, 1.165) is 5.69 Å². The summed E-state index contributed by atoms with van der Waals surface area (Å²) >= 11 is 5.73. The molecule has 0 saturated carbocycles. The molecule has 0 fully saturated rings. The minimum Gasteiger partial charge on any atom is -0.505 e. The Morgan fingerprint density at radius 2 is 1.86 bits per heavy atom. The molecule has 0 spiro atoms. The maximum Gasteiger partial charge on any atom is 1.00 e. The molecule has 1 N–H and O–H groups in total. The van der Waals surface area contributed by atoms with E-state index < -0.39 is 0 Å². The van der Waals surface area contributed by atoms with E-state index in [-0.39, 0.29) is 35.3 Å². The standard InChI is InChI=1S/C9H7ClN2O.Na/c10-7-1-3-8(4-2-7)12-6-9(13)5-11-12;/h1-6,13H;/q;+1. The molecule has 2 aromatic rings. The zero-order chi connectivity index (χ0) is 9.26. The summed E-state index contributed by atoms with van der Waals surface area (Å²) in [6.45, 7) is 0. The summed E-state index contributed by atoms with van der Waals surface area (Å²) in [5.74, 6) is 0.148. The van der Waals surface area contributed by atoms with Gasteiger partial charge < -0.3 is 5.11 Å². The van der Waals surface area contributed by atoms with Gasteiger partial charge in [0.2, 0.25) is 0 Å².